The fourth-order valence-electron chi connectivity index (χ4n) is 6.30. The fourth-order valence-corrected chi connectivity index (χ4v) is 6.30. The Balaban J connectivity index is 1.11. The van der Waals surface area contributed by atoms with Crippen molar-refractivity contribution in [3.05, 3.63) is 144 Å². The fraction of sp³-hybridized carbons (Fsp3) is 0.0976. The second-order valence-corrected chi connectivity index (χ2v) is 11.6. The first-order valence-corrected chi connectivity index (χ1v) is 15.1. The highest BCUT2D eigenvalue weighted by Gasteiger charge is 2.11. The molecule has 3 nitrogen and oxygen atoms in total. The van der Waals surface area contributed by atoms with E-state index < -0.39 is 0 Å². The van der Waals surface area contributed by atoms with Crippen molar-refractivity contribution in [2.24, 2.45) is 4.99 Å². The molecule has 5 aromatic carbocycles. The summed E-state index contributed by atoms with van der Waals surface area (Å²) in [6.07, 6.45) is 8.77. The average molecular weight is 570 g/mol. The topological polar surface area (TPSA) is 22.2 Å². The lowest BCUT2D eigenvalue weighted by Gasteiger charge is -2.07. The highest BCUT2D eigenvalue weighted by Crippen LogP contribution is 2.32. The van der Waals surface area contributed by atoms with Crippen LogP contribution in [0.4, 0.5) is 0 Å². The number of nitrogens with zero attached hydrogens (tertiary/aromatic N) is 3. The van der Waals surface area contributed by atoms with Crippen molar-refractivity contribution in [2.45, 2.75) is 20.0 Å². The van der Waals surface area contributed by atoms with Crippen LogP contribution in [0.15, 0.2) is 126 Å². The largest absolute Gasteiger partial charge is 0.339 e. The Bertz CT molecular complexity index is 2240. The Morgan fingerprint density at radius 3 is 1.52 bits per heavy atom. The average Bonchev–Trinajstić information content (AvgIpc) is 3.53. The van der Waals surface area contributed by atoms with Gasteiger partial charge in [0.05, 0.1) is 6.54 Å². The highest BCUT2D eigenvalue weighted by atomic mass is 15.0. The number of rotatable bonds is 9. The van der Waals surface area contributed by atoms with E-state index in [9.17, 15) is 0 Å². The molecule has 0 N–H and O–H groups in total. The molecule has 0 bridgehead atoms. The van der Waals surface area contributed by atoms with Crippen LogP contribution in [0, 0.1) is 0 Å². The van der Waals surface area contributed by atoms with E-state index >= 15 is 0 Å². The van der Waals surface area contributed by atoms with Gasteiger partial charge in [0.1, 0.15) is 0 Å². The highest BCUT2D eigenvalue weighted by molar-refractivity contribution is 6.09. The van der Waals surface area contributed by atoms with Crippen LogP contribution in [0.25, 0.3) is 67.9 Å². The summed E-state index contributed by atoms with van der Waals surface area (Å²) < 4.78 is 4.71. The Morgan fingerprint density at radius 2 is 1.00 bits per heavy atom. The maximum absolute atomic E-state index is 4.15. The number of fused-ring (bicyclic) bond motifs is 6. The third kappa shape index (κ3) is 5.18. The van der Waals surface area contributed by atoms with Crippen LogP contribution >= 0.6 is 0 Å². The van der Waals surface area contributed by atoms with Crippen molar-refractivity contribution in [2.75, 3.05) is 6.54 Å². The molecule has 0 saturated carbocycles. The summed E-state index contributed by atoms with van der Waals surface area (Å²) in [4.78, 5) is 4.08. The summed E-state index contributed by atoms with van der Waals surface area (Å²) in [5.41, 5.74) is 10.9. The summed E-state index contributed by atoms with van der Waals surface area (Å²) in [6.45, 7) is 12.3. The van der Waals surface area contributed by atoms with Gasteiger partial charge in [0.2, 0.25) is 0 Å². The number of aromatic nitrogens is 2. The van der Waals surface area contributed by atoms with Crippen molar-refractivity contribution in [1.82, 2.24) is 9.13 Å². The zero-order chi connectivity index (χ0) is 30.0. The van der Waals surface area contributed by atoms with Gasteiger partial charge in [-0.05, 0) is 72.3 Å². The summed E-state index contributed by atoms with van der Waals surface area (Å²) in [6, 6.07) is 39.4. The molecule has 0 aliphatic rings. The van der Waals surface area contributed by atoms with Gasteiger partial charge >= 0.3 is 0 Å². The smallest absolute Gasteiger partial charge is 0.0562 e. The summed E-state index contributed by atoms with van der Waals surface area (Å²) in [7, 11) is 0. The van der Waals surface area contributed by atoms with Crippen molar-refractivity contribution >= 4 is 74.6 Å². The van der Waals surface area contributed by atoms with Gasteiger partial charge in [-0.1, -0.05) is 109 Å². The lowest BCUT2D eigenvalue weighted by molar-refractivity contribution is 0.761. The van der Waals surface area contributed by atoms with Crippen molar-refractivity contribution < 1.29 is 0 Å². The van der Waals surface area contributed by atoms with Crippen molar-refractivity contribution in [1.29, 1.82) is 0 Å². The molecule has 0 radical (unpaired) electrons. The predicted molar refractivity (Wildman–Crippen MR) is 192 cm³/mol. The minimum absolute atomic E-state index is 0.705. The molecule has 7 rings (SSSR count). The molecular formula is C41H35N3. The molecule has 7 aromatic rings. The third-order valence-corrected chi connectivity index (χ3v) is 8.38. The zero-order valence-corrected chi connectivity index (χ0v) is 25.1. The first kappa shape index (κ1) is 27.4. The van der Waals surface area contributed by atoms with Crippen LogP contribution in [-0.2, 0) is 13.1 Å². The molecule has 0 spiro atoms. The van der Waals surface area contributed by atoms with Crippen LogP contribution in [0.3, 0.4) is 0 Å². The minimum Gasteiger partial charge on any atom is -0.339 e. The summed E-state index contributed by atoms with van der Waals surface area (Å²) in [5.74, 6) is 0. The normalized spacial score (nSPS) is 12.0. The Morgan fingerprint density at radius 1 is 0.568 bits per heavy atom. The van der Waals surface area contributed by atoms with E-state index in [1.54, 1.807) is 0 Å². The number of para-hydroxylation sites is 2. The monoisotopic (exact) mass is 569 g/mol. The van der Waals surface area contributed by atoms with E-state index in [1.165, 1.54) is 65.9 Å². The maximum atomic E-state index is 4.15. The molecule has 0 saturated heterocycles. The third-order valence-electron chi connectivity index (χ3n) is 8.38. The first-order valence-electron chi connectivity index (χ1n) is 15.1. The molecule has 44 heavy (non-hydrogen) atoms. The second kappa shape index (κ2) is 11.7. The summed E-state index contributed by atoms with van der Waals surface area (Å²) in [5, 5.41) is 5.10. The predicted octanol–water partition coefficient (Wildman–Crippen LogP) is 10.5. The number of benzene rings is 5. The molecule has 0 amide bonds. The van der Waals surface area contributed by atoms with Crippen LogP contribution in [0.5, 0.6) is 0 Å². The number of aliphatic imine (C=N–C) groups is 1. The van der Waals surface area contributed by atoms with E-state index in [0.717, 1.165) is 18.7 Å². The van der Waals surface area contributed by atoms with Crippen molar-refractivity contribution in [3.63, 3.8) is 0 Å². The van der Waals surface area contributed by atoms with Gasteiger partial charge in [-0.2, -0.15) is 0 Å². The van der Waals surface area contributed by atoms with Gasteiger partial charge in [-0.25, -0.2) is 0 Å². The number of hydrogen-bond acceptors (Lipinski definition) is 1. The quantitative estimate of drug-likeness (QED) is 0.0937. The van der Waals surface area contributed by atoms with E-state index in [1.807, 2.05) is 0 Å². The molecule has 0 aliphatic carbocycles. The van der Waals surface area contributed by atoms with E-state index in [0.29, 0.717) is 6.54 Å². The lowest BCUT2D eigenvalue weighted by atomic mass is 10.1. The zero-order valence-electron chi connectivity index (χ0n) is 25.1. The first-order chi connectivity index (χ1) is 21.6. The molecule has 0 unspecified atom stereocenters. The van der Waals surface area contributed by atoms with E-state index in [2.05, 4.69) is 168 Å². The lowest BCUT2D eigenvalue weighted by Crippen LogP contribution is -2.00. The summed E-state index contributed by atoms with van der Waals surface area (Å²) >= 11 is 0. The van der Waals surface area contributed by atoms with Crippen LogP contribution < -0.4 is 0 Å². The van der Waals surface area contributed by atoms with Gasteiger partial charge in [0.15, 0.2) is 0 Å². The van der Waals surface area contributed by atoms with Gasteiger partial charge in [-0.15, -0.1) is 0 Å². The van der Waals surface area contributed by atoms with E-state index in [4.69, 9.17) is 0 Å². The van der Waals surface area contributed by atoms with Gasteiger partial charge in [0, 0.05) is 56.7 Å². The van der Waals surface area contributed by atoms with E-state index in [-0.39, 0.29) is 0 Å². The standard InChI is InChI=1S/C41H35N3/c1-29(2)28-44-39-11-7-5-9-35(39)37-27-33(21-23-41(37)44)19-17-31-14-12-30(13-15-31)16-18-32-20-22-40-36(26-32)34-8-4-6-10-38(34)43(40)25-24-42-3/h4-23,26-27H,1,3,24-25,28H2,2H3/b18-16+,19-17+. The molecule has 214 valence electrons. The Kier molecular flexibility index (Phi) is 7.29. The van der Waals surface area contributed by atoms with Crippen molar-refractivity contribution in [3.8, 4) is 0 Å². The molecular weight excluding hydrogens is 534 g/mol. The molecule has 0 aliphatic heterocycles. The molecule has 0 atom stereocenters. The number of allylic oxidation sites excluding steroid dienone is 1. The van der Waals surface area contributed by atoms with Gasteiger partial charge in [0.25, 0.3) is 0 Å². The van der Waals surface area contributed by atoms with Gasteiger partial charge < -0.3 is 9.13 Å². The minimum atomic E-state index is 0.705. The molecule has 2 heterocycles. The maximum Gasteiger partial charge on any atom is 0.0562 e. The molecule has 3 heteroatoms. The Hall–Kier alpha value is -5.41. The number of hydrogen-bond donors (Lipinski definition) is 0. The van der Waals surface area contributed by atoms with Crippen LogP contribution in [0.1, 0.15) is 29.2 Å². The van der Waals surface area contributed by atoms with Crippen LogP contribution in [0.2, 0.25) is 0 Å². The Labute approximate surface area is 258 Å². The van der Waals surface area contributed by atoms with Gasteiger partial charge in [-0.3, -0.25) is 4.99 Å². The SMILES string of the molecule is C=NCCn1c2ccccc2c2cc(/C=C/c3ccc(/C=C/c4ccc5c(c4)c4ccccc4n5CC(=C)C)cc3)ccc21. The van der Waals surface area contributed by atoms with Crippen LogP contribution in [-0.4, -0.2) is 22.4 Å². The molecule has 2 aromatic heterocycles. The second-order valence-electron chi connectivity index (χ2n) is 11.6. The molecule has 0 fully saturated rings.